The average molecular weight is 301 g/mol. The van der Waals surface area contributed by atoms with Crippen LogP contribution in [0.4, 0.5) is 8.78 Å². The molecule has 0 spiro atoms. The number of halogens is 2. The van der Waals surface area contributed by atoms with Crippen molar-refractivity contribution in [1.29, 1.82) is 0 Å². The molecule has 3 heteroatoms. The Morgan fingerprint density at radius 2 is 1.73 bits per heavy atom. The van der Waals surface area contributed by atoms with Gasteiger partial charge in [-0.05, 0) is 57.4 Å². The molecular weight excluding hydrogens is 280 g/mol. The number of allylic oxidation sites excluding steroid dienone is 5. The molecule has 0 atom stereocenters. The van der Waals surface area contributed by atoms with Gasteiger partial charge in [-0.3, -0.25) is 0 Å². The van der Waals surface area contributed by atoms with Crippen LogP contribution < -0.4 is 0 Å². The van der Waals surface area contributed by atoms with Crippen LogP contribution in [0, 0.1) is 11.6 Å². The summed E-state index contributed by atoms with van der Waals surface area (Å²) in [6.07, 6.45) is 6.72. The second-order valence-electron chi connectivity index (χ2n) is 5.64. The van der Waals surface area contributed by atoms with Crippen molar-refractivity contribution in [3.05, 3.63) is 82.9 Å². The van der Waals surface area contributed by atoms with E-state index in [0.29, 0.717) is 12.8 Å². The minimum absolute atomic E-state index is 0.135. The molecule has 0 unspecified atom stereocenters. The molecule has 22 heavy (non-hydrogen) atoms. The molecule has 0 N–H and O–H groups in total. The van der Waals surface area contributed by atoms with Crippen LogP contribution in [0.25, 0.3) is 0 Å². The molecule has 116 valence electrons. The molecule has 1 nitrogen and oxygen atoms in total. The normalized spacial score (nSPS) is 14.1. The monoisotopic (exact) mass is 301 g/mol. The molecule has 0 bridgehead atoms. The summed E-state index contributed by atoms with van der Waals surface area (Å²) in [5, 5.41) is 0. The van der Waals surface area contributed by atoms with Crippen LogP contribution in [-0.4, -0.2) is 4.90 Å². The van der Waals surface area contributed by atoms with Crippen LogP contribution >= 0.6 is 0 Å². The van der Waals surface area contributed by atoms with Gasteiger partial charge in [0.2, 0.25) is 0 Å². The Hall–Kier alpha value is -2.16. The first-order valence-corrected chi connectivity index (χ1v) is 7.34. The maximum Gasteiger partial charge on any atom is 0.129 e. The second kappa shape index (κ2) is 6.73. The van der Waals surface area contributed by atoms with Crippen LogP contribution in [-0.2, 0) is 6.42 Å². The summed E-state index contributed by atoms with van der Waals surface area (Å²) in [6, 6.07) is 3.97. The van der Waals surface area contributed by atoms with E-state index in [9.17, 15) is 8.78 Å². The topological polar surface area (TPSA) is 3.24 Å². The fourth-order valence-electron chi connectivity index (χ4n) is 2.40. The van der Waals surface area contributed by atoms with E-state index in [0.717, 1.165) is 17.0 Å². The van der Waals surface area contributed by atoms with Crippen molar-refractivity contribution >= 4 is 0 Å². The first-order valence-electron chi connectivity index (χ1n) is 7.34. The second-order valence-corrected chi connectivity index (χ2v) is 5.64. The maximum absolute atomic E-state index is 13.7. The Balaban J connectivity index is 2.14. The van der Waals surface area contributed by atoms with Gasteiger partial charge >= 0.3 is 0 Å². The zero-order chi connectivity index (χ0) is 16.3. The van der Waals surface area contributed by atoms with Gasteiger partial charge in [-0.1, -0.05) is 24.3 Å². The Morgan fingerprint density at radius 3 is 2.32 bits per heavy atom. The molecule has 0 aromatic heterocycles. The van der Waals surface area contributed by atoms with E-state index >= 15 is 0 Å². The highest BCUT2D eigenvalue weighted by Gasteiger charge is 2.16. The number of benzene rings is 1. The fraction of sp³-hybridized carbons (Fsp3) is 0.263. The first kappa shape index (κ1) is 16.2. The van der Waals surface area contributed by atoms with E-state index in [1.807, 2.05) is 44.0 Å². The molecule has 1 heterocycles. The van der Waals surface area contributed by atoms with Crippen LogP contribution in [0.5, 0.6) is 0 Å². The largest absolute Gasteiger partial charge is 0.322 e. The summed E-state index contributed by atoms with van der Waals surface area (Å²) >= 11 is 0. The molecule has 2 rings (SSSR count). The molecular formula is C19H21F2N. The van der Waals surface area contributed by atoms with Crippen LogP contribution in [0.2, 0.25) is 0 Å². The predicted octanol–water partition coefficient (Wildman–Crippen LogP) is 5.48. The van der Waals surface area contributed by atoms with Gasteiger partial charge in [-0.2, -0.15) is 0 Å². The molecule has 0 fully saturated rings. The number of hydrogen-bond acceptors (Lipinski definition) is 1. The number of nitrogens with zero attached hydrogens (tertiary/aromatic N) is 1. The van der Waals surface area contributed by atoms with Gasteiger partial charge in [0.1, 0.15) is 11.6 Å². The smallest absolute Gasteiger partial charge is 0.129 e. The van der Waals surface area contributed by atoms with E-state index in [-0.39, 0.29) is 5.56 Å². The van der Waals surface area contributed by atoms with Gasteiger partial charge in [0.25, 0.3) is 0 Å². The SMILES string of the molecule is C=C1C(CCc2c(F)cccc2F)=CC=CN1C(C)=C(C)C. The molecule has 1 aromatic rings. The van der Waals surface area contributed by atoms with Crippen LogP contribution in [0.15, 0.2) is 65.7 Å². The lowest BCUT2D eigenvalue weighted by Crippen LogP contribution is -2.18. The zero-order valence-electron chi connectivity index (χ0n) is 13.3. The van der Waals surface area contributed by atoms with Crippen molar-refractivity contribution in [3.63, 3.8) is 0 Å². The summed E-state index contributed by atoms with van der Waals surface area (Å²) in [6.45, 7) is 10.2. The lowest BCUT2D eigenvalue weighted by molar-refractivity contribution is 0.545. The average Bonchev–Trinajstić information content (AvgIpc) is 2.47. The Labute approximate surface area is 131 Å². The third-order valence-corrected chi connectivity index (χ3v) is 3.98. The summed E-state index contributed by atoms with van der Waals surface area (Å²) in [7, 11) is 0. The Morgan fingerprint density at radius 1 is 1.09 bits per heavy atom. The third kappa shape index (κ3) is 3.35. The lowest BCUT2D eigenvalue weighted by Gasteiger charge is -2.29. The van der Waals surface area contributed by atoms with E-state index < -0.39 is 11.6 Å². The van der Waals surface area contributed by atoms with E-state index in [4.69, 9.17) is 0 Å². The first-order chi connectivity index (χ1) is 10.4. The minimum Gasteiger partial charge on any atom is -0.322 e. The maximum atomic E-state index is 13.7. The van der Waals surface area contributed by atoms with Crippen molar-refractivity contribution in [1.82, 2.24) is 4.90 Å². The quantitative estimate of drug-likeness (QED) is 0.711. The number of hydrogen-bond donors (Lipinski definition) is 0. The van der Waals surface area contributed by atoms with E-state index in [2.05, 4.69) is 6.58 Å². The van der Waals surface area contributed by atoms with Gasteiger partial charge in [0.15, 0.2) is 0 Å². The van der Waals surface area contributed by atoms with Crippen molar-refractivity contribution in [2.45, 2.75) is 33.6 Å². The molecule has 1 aliphatic heterocycles. The summed E-state index contributed by atoms with van der Waals surface area (Å²) < 4.78 is 27.4. The molecule has 1 aromatic carbocycles. The van der Waals surface area contributed by atoms with Gasteiger partial charge < -0.3 is 4.90 Å². The molecule has 0 amide bonds. The van der Waals surface area contributed by atoms with Gasteiger partial charge in [-0.15, -0.1) is 0 Å². The predicted molar refractivity (Wildman–Crippen MR) is 86.9 cm³/mol. The summed E-state index contributed by atoms with van der Waals surface area (Å²) in [4.78, 5) is 2.02. The highest BCUT2D eigenvalue weighted by atomic mass is 19.1. The van der Waals surface area contributed by atoms with E-state index in [1.54, 1.807) is 0 Å². The van der Waals surface area contributed by atoms with Crippen molar-refractivity contribution < 1.29 is 8.78 Å². The summed E-state index contributed by atoms with van der Waals surface area (Å²) in [5.41, 5.74) is 4.30. The Kier molecular flexibility index (Phi) is 4.96. The Bertz CT molecular complexity index is 656. The molecule has 0 radical (unpaired) electrons. The number of rotatable bonds is 4. The van der Waals surface area contributed by atoms with E-state index in [1.165, 1.54) is 23.8 Å². The van der Waals surface area contributed by atoms with Crippen molar-refractivity contribution in [2.75, 3.05) is 0 Å². The molecule has 1 aliphatic rings. The van der Waals surface area contributed by atoms with Gasteiger partial charge in [-0.25, -0.2) is 8.78 Å². The fourth-order valence-corrected chi connectivity index (χ4v) is 2.40. The minimum atomic E-state index is -0.491. The van der Waals surface area contributed by atoms with Crippen molar-refractivity contribution in [2.24, 2.45) is 0 Å². The standard InChI is InChI=1S/C19H21F2N/c1-13(2)14(3)22-12-6-7-16(15(22)4)10-11-17-18(20)8-5-9-19(17)21/h5-9,12H,4,10-11H2,1-3H3. The van der Waals surface area contributed by atoms with Crippen LogP contribution in [0.1, 0.15) is 32.8 Å². The highest BCUT2D eigenvalue weighted by Crippen LogP contribution is 2.28. The molecule has 0 aliphatic carbocycles. The van der Waals surface area contributed by atoms with Gasteiger partial charge in [0, 0.05) is 23.2 Å². The van der Waals surface area contributed by atoms with Crippen molar-refractivity contribution in [3.8, 4) is 0 Å². The molecule has 0 saturated heterocycles. The molecule has 0 saturated carbocycles. The van der Waals surface area contributed by atoms with Crippen LogP contribution in [0.3, 0.4) is 0 Å². The van der Waals surface area contributed by atoms with Gasteiger partial charge in [0.05, 0.1) is 0 Å². The third-order valence-electron chi connectivity index (χ3n) is 3.98. The summed E-state index contributed by atoms with van der Waals surface area (Å²) in [5.74, 6) is -0.982. The lowest BCUT2D eigenvalue weighted by atomic mass is 9.99. The zero-order valence-corrected chi connectivity index (χ0v) is 13.3. The highest BCUT2D eigenvalue weighted by molar-refractivity contribution is 5.40.